The largest absolute Gasteiger partial charge is 0.444 e. The van der Waals surface area contributed by atoms with Crippen LogP contribution in [0, 0.1) is 6.92 Å². The van der Waals surface area contributed by atoms with E-state index >= 15 is 0 Å². The van der Waals surface area contributed by atoms with Crippen LogP contribution in [0.1, 0.15) is 26.3 Å². The van der Waals surface area contributed by atoms with Gasteiger partial charge in [-0.05, 0) is 39.3 Å². The molecule has 0 unspecified atom stereocenters. The van der Waals surface area contributed by atoms with Crippen LogP contribution in [-0.2, 0) is 4.74 Å². The molecule has 4 nitrogen and oxygen atoms in total. The number of anilines is 1. The maximum Gasteiger partial charge on any atom is 0.412 e. The Hall–Kier alpha value is -1.62. The fourth-order valence-electron chi connectivity index (χ4n) is 1.57. The zero-order chi connectivity index (χ0) is 13.3. The van der Waals surface area contributed by atoms with Gasteiger partial charge in [-0.1, -0.05) is 17.4 Å². The first kappa shape index (κ1) is 12.8. The van der Waals surface area contributed by atoms with E-state index in [-0.39, 0.29) is 0 Å². The lowest BCUT2D eigenvalue weighted by Gasteiger charge is -2.19. The van der Waals surface area contributed by atoms with Crippen molar-refractivity contribution in [1.29, 1.82) is 0 Å². The van der Waals surface area contributed by atoms with Crippen LogP contribution in [0.3, 0.4) is 0 Å². The topological polar surface area (TPSA) is 51.2 Å². The first-order valence-electron chi connectivity index (χ1n) is 5.71. The van der Waals surface area contributed by atoms with Crippen LogP contribution in [0.25, 0.3) is 10.2 Å². The van der Waals surface area contributed by atoms with Crippen LogP contribution in [0.2, 0.25) is 0 Å². The van der Waals surface area contributed by atoms with Gasteiger partial charge in [0, 0.05) is 11.6 Å². The number of amides is 1. The second kappa shape index (κ2) is 4.57. The molecule has 0 bridgehead atoms. The number of nitrogens with zero attached hydrogens (tertiary/aromatic N) is 1. The molecular weight excluding hydrogens is 248 g/mol. The van der Waals surface area contributed by atoms with Gasteiger partial charge in [-0.25, -0.2) is 9.78 Å². The third-order valence-electron chi connectivity index (χ3n) is 2.33. The Balaban J connectivity index is 2.22. The minimum Gasteiger partial charge on any atom is -0.444 e. The third kappa shape index (κ3) is 2.79. The van der Waals surface area contributed by atoms with E-state index in [4.69, 9.17) is 4.74 Å². The molecule has 1 N–H and O–H groups in total. The second-order valence-corrected chi connectivity index (χ2v) is 6.04. The van der Waals surface area contributed by atoms with Crippen molar-refractivity contribution in [3.8, 4) is 0 Å². The number of fused-ring (bicyclic) bond motifs is 1. The highest BCUT2D eigenvalue weighted by molar-refractivity contribution is 7.22. The van der Waals surface area contributed by atoms with Crippen molar-refractivity contribution >= 4 is 32.6 Å². The molecule has 2 heterocycles. The lowest BCUT2D eigenvalue weighted by Crippen LogP contribution is -2.27. The van der Waals surface area contributed by atoms with Gasteiger partial charge in [0.2, 0.25) is 0 Å². The Morgan fingerprint density at radius 3 is 2.78 bits per heavy atom. The van der Waals surface area contributed by atoms with Gasteiger partial charge in [0.15, 0.2) is 0 Å². The van der Waals surface area contributed by atoms with Gasteiger partial charge in [0.1, 0.15) is 15.4 Å². The van der Waals surface area contributed by atoms with E-state index in [1.807, 2.05) is 39.8 Å². The number of rotatable bonds is 1. The number of pyridine rings is 1. The van der Waals surface area contributed by atoms with Crippen molar-refractivity contribution in [2.75, 3.05) is 5.32 Å². The minimum absolute atomic E-state index is 0.433. The standard InChI is InChI=1S/C13H16N2O2S/c1-8-9-6-5-7-14-11(9)18-10(8)15-12(16)17-13(2,3)4/h5-7H,1-4H3,(H,15,16). The van der Waals surface area contributed by atoms with E-state index < -0.39 is 11.7 Å². The number of thiophene rings is 1. The molecule has 0 fully saturated rings. The Labute approximate surface area is 110 Å². The van der Waals surface area contributed by atoms with Gasteiger partial charge in [0.25, 0.3) is 0 Å². The summed E-state index contributed by atoms with van der Waals surface area (Å²) in [5.41, 5.74) is 0.529. The van der Waals surface area contributed by atoms with Crippen molar-refractivity contribution in [1.82, 2.24) is 4.98 Å². The van der Waals surface area contributed by atoms with E-state index in [0.29, 0.717) is 0 Å². The maximum atomic E-state index is 11.7. The number of hydrogen-bond acceptors (Lipinski definition) is 4. The van der Waals surface area contributed by atoms with Gasteiger partial charge in [-0.2, -0.15) is 0 Å². The molecule has 0 spiro atoms. The van der Waals surface area contributed by atoms with Crippen LogP contribution >= 0.6 is 11.3 Å². The number of aromatic nitrogens is 1. The minimum atomic E-state index is -0.493. The molecule has 18 heavy (non-hydrogen) atoms. The predicted octanol–water partition coefficient (Wildman–Crippen LogP) is 3.95. The molecule has 0 aromatic carbocycles. The SMILES string of the molecule is Cc1c(NC(=O)OC(C)(C)C)sc2ncccc12. The molecule has 0 aliphatic rings. The van der Waals surface area contributed by atoms with Gasteiger partial charge in [0.05, 0.1) is 0 Å². The second-order valence-electron chi connectivity index (χ2n) is 5.04. The molecule has 0 aliphatic heterocycles. The number of aryl methyl sites for hydroxylation is 1. The molecule has 2 aromatic heterocycles. The molecule has 0 radical (unpaired) electrons. The van der Waals surface area contributed by atoms with Crippen LogP contribution in [0.5, 0.6) is 0 Å². The molecule has 0 atom stereocenters. The summed E-state index contributed by atoms with van der Waals surface area (Å²) in [6, 6.07) is 3.88. The first-order chi connectivity index (χ1) is 8.37. The Morgan fingerprint density at radius 1 is 1.44 bits per heavy atom. The number of nitrogens with one attached hydrogen (secondary N) is 1. The monoisotopic (exact) mass is 264 g/mol. The normalized spacial score (nSPS) is 11.6. The molecule has 0 saturated carbocycles. The van der Waals surface area contributed by atoms with Gasteiger partial charge < -0.3 is 4.74 Å². The van der Waals surface area contributed by atoms with Crippen molar-refractivity contribution in [2.24, 2.45) is 0 Å². The summed E-state index contributed by atoms with van der Waals surface area (Å²) in [6.07, 6.45) is 1.31. The zero-order valence-electron chi connectivity index (χ0n) is 10.9. The average molecular weight is 264 g/mol. The number of ether oxygens (including phenoxy) is 1. The van der Waals surface area contributed by atoms with E-state index in [1.54, 1.807) is 6.20 Å². The van der Waals surface area contributed by atoms with Crippen molar-refractivity contribution < 1.29 is 9.53 Å². The molecule has 1 amide bonds. The summed E-state index contributed by atoms with van der Waals surface area (Å²) in [4.78, 5) is 16.9. The van der Waals surface area contributed by atoms with Gasteiger partial charge in [-0.15, -0.1) is 0 Å². The lowest BCUT2D eigenvalue weighted by atomic mass is 10.2. The maximum absolute atomic E-state index is 11.7. The smallest absolute Gasteiger partial charge is 0.412 e. The summed E-state index contributed by atoms with van der Waals surface area (Å²) in [7, 11) is 0. The molecule has 2 rings (SSSR count). The van der Waals surface area contributed by atoms with Crippen LogP contribution < -0.4 is 5.32 Å². The zero-order valence-corrected chi connectivity index (χ0v) is 11.7. The van der Waals surface area contributed by atoms with Gasteiger partial charge in [-0.3, -0.25) is 5.32 Å². The molecule has 5 heteroatoms. The first-order valence-corrected chi connectivity index (χ1v) is 6.52. The number of carbonyl (C=O) groups is 1. The quantitative estimate of drug-likeness (QED) is 0.848. The van der Waals surface area contributed by atoms with Crippen molar-refractivity contribution in [3.63, 3.8) is 0 Å². The molecular formula is C13H16N2O2S. The fourth-order valence-corrected chi connectivity index (χ4v) is 2.60. The van der Waals surface area contributed by atoms with Crippen molar-refractivity contribution in [2.45, 2.75) is 33.3 Å². The summed E-state index contributed by atoms with van der Waals surface area (Å²) in [6.45, 7) is 7.48. The number of hydrogen-bond donors (Lipinski definition) is 1. The fraction of sp³-hybridized carbons (Fsp3) is 0.385. The van der Waals surface area contributed by atoms with Crippen LogP contribution in [0.15, 0.2) is 18.3 Å². The third-order valence-corrected chi connectivity index (χ3v) is 3.46. The van der Waals surface area contributed by atoms with E-state index in [1.165, 1.54) is 11.3 Å². The van der Waals surface area contributed by atoms with E-state index in [9.17, 15) is 4.79 Å². The van der Waals surface area contributed by atoms with Gasteiger partial charge >= 0.3 is 6.09 Å². The molecule has 2 aromatic rings. The number of carbonyl (C=O) groups excluding carboxylic acids is 1. The summed E-state index contributed by atoms with van der Waals surface area (Å²) >= 11 is 1.46. The lowest BCUT2D eigenvalue weighted by molar-refractivity contribution is 0.0636. The summed E-state index contributed by atoms with van der Waals surface area (Å²) in [5, 5.41) is 4.63. The Bertz CT molecular complexity index is 584. The highest BCUT2D eigenvalue weighted by Crippen LogP contribution is 2.33. The highest BCUT2D eigenvalue weighted by atomic mass is 32.1. The van der Waals surface area contributed by atoms with E-state index in [2.05, 4.69) is 10.3 Å². The molecule has 0 saturated heterocycles. The predicted molar refractivity (Wildman–Crippen MR) is 74.2 cm³/mol. The van der Waals surface area contributed by atoms with Crippen LogP contribution in [0.4, 0.5) is 9.80 Å². The molecule has 96 valence electrons. The summed E-state index contributed by atoms with van der Waals surface area (Å²) < 4.78 is 5.23. The van der Waals surface area contributed by atoms with Crippen LogP contribution in [-0.4, -0.2) is 16.7 Å². The highest BCUT2D eigenvalue weighted by Gasteiger charge is 2.18. The Kier molecular flexibility index (Phi) is 3.26. The van der Waals surface area contributed by atoms with E-state index in [0.717, 1.165) is 20.8 Å². The molecule has 0 aliphatic carbocycles. The summed E-state index contributed by atoms with van der Waals surface area (Å²) in [5.74, 6) is 0. The Morgan fingerprint density at radius 2 is 2.17 bits per heavy atom. The average Bonchev–Trinajstić information content (AvgIpc) is 2.54. The van der Waals surface area contributed by atoms with Crippen molar-refractivity contribution in [3.05, 3.63) is 23.9 Å².